The molecule has 5 N–H and O–H groups in total. The molecule has 1 aliphatic heterocycles. The van der Waals surface area contributed by atoms with Crippen LogP contribution in [0, 0.1) is 11.3 Å². The Labute approximate surface area is 95.7 Å². The lowest BCUT2D eigenvalue weighted by Gasteiger charge is -2.31. The van der Waals surface area contributed by atoms with Gasteiger partial charge in [0.15, 0.2) is 5.96 Å². The Hall–Kier alpha value is -1.26. The lowest BCUT2D eigenvalue weighted by molar-refractivity contribution is -0.129. The third-order valence-corrected chi connectivity index (χ3v) is 3.82. The lowest BCUT2D eigenvalue weighted by atomic mass is 9.80. The first-order valence-corrected chi connectivity index (χ1v) is 5.97. The van der Waals surface area contributed by atoms with E-state index in [0.717, 1.165) is 25.8 Å². The Morgan fingerprint density at radius 3 is 2.81 bits per heavy atom. The molecule has 0 unspecified atom stereocenters. The van der Waals surface area contributed by atoms with E-state index in [1.165, 1.54) is 12.8 Å². The van der Waals surface area contributed by atoms with Gasteiger partial charge in [0.05, 0.1) is 0 Å². The molecule has 2 aliphatic rings. The van der Waals surface area contributed by atoms with Crippen LogP contribution in [0.25, 0.3) is 0 Å². The number of nitrogens with one attached hydrogen (secondary N) is 1. The standard InChI is InChI=1S/C11H20N4O/c12-10(13)15-6-1-2-8-9(16)14-7-5-11(8)3-4-11/h8H,1-7H2,(H,14,16)(H4,12,13,15)/t8-/m0/s1. The van der Waals surface area contributed by atoms with Crippen molar-refractivity contribution < 1.29 is 4.79 Å². The minimum absolute atomic E-state index is 0.134. The minimum Gasteiger partial charge on any atom is -0.370 e. The average molecular weight is 224 g/mol. The number of carbonyl (C=O) groups is 1. The first-order chi connectivity index (χ1) is 7.64. The van der Waals surface area contributed by atoms with Crippen molar-refractivity contribution in [1.29, 1.82) is 0 Å². The number of piperidine rings is 1. The van der Waals surface area contributed by atoms with E-state index in [-0.39, 0.29) is 17.8 Å². The quantitative estimate of drug-likeness (QED) is 0.355. The zero-order chi connectivity index (χ0) is 11.6. The van der Waals surface area contributed by atoms with Crippen LogP contribution in [0.1, 0.15) is 32.1 Å². The zero-order valence-corrected chi connectivity index (χ0v) is 9.54. The maximum absolute atomic E-state index is 11.8. The van der Waals surface area contributed by atoms with Crippen LogP contribution in [-0.4, -0.2) is 25.0 Å². The highest BCUT2D eigenvalue weighted by atomic mass is 16.2. The first-order valence-electron chi connectivity index (χ1n) is 5.97. The molecule has 0 aromatic heterocycles. The predicted octanol–water partition coefficient (Wildman–Crippen LogP) is -0.0437. The maximum Gasteiger partial charge on any atom is 0.223 e. The monoisotopic (exact) mass is 224 g/mol. The smallest absolute Gasteiger partial charge is 0.223 e. The second-order valence-electron chi connectivity index (χ2n) is 4.90. The van der Waals surface area contributed by atoms with Crippen molar-refractivity contribution in [3.05, 3.63) is 0 Å². The van der Waals surface area contributed by atoms with Gasteiger partial charge in [-0.1, -0.05) is 0 Å². The molecule has 1 spiro atoms. The Kier molecular flexibility index (Phi) is 3.03. The van der Waals surface area contributed by atoms with Gasteiger partial charge in [0.1, 0.15) is 0 Å². The summed E-state index contributed by atoms with van der Waals surface area (Å²) in [5.74, 6) is 0.554. The van der Waals surface area contributed by atoms with Crippen molar-refractivity contribution in [2.45, 2.75) is 32.1 Å². The largest absolute Gasteiger partial charge is 0.370 e. The fourth-order valence-electron chi connectivity index (χ4n) is 2.71. The lowest BCUT2D eigenvalue weighted by Crippen LogP contribution is -2.43. The fourth-order valence-corrected chi connectivity index (χ4v) is 2.71. The topological polar surface area (TPSA) is 93.5 Å². The molecular formula is C11H20N4O. The van der Waals surface area contributed by atoms with E-state index >= 15 is 0 Å². The number of amides is 1. The Morgan fingerprint density at radius 2 is 2.19 bits per heavy atom. The van der Waals surface area contributed by atoms with Crippen LogP contribution in [0.15, 0.2) is 4.99 Å². The van der Waals surface area contributed by atoms with E-state index in [1.54, 1.807) is 0 Å². The second kappa shape index (κ2) is 4.31. The van der Waals surface area contributed by atoms with Crippen LogP contribution < -0.4 is 16.8 Å². The molecule has 0 bridgehead atoms. The summed E-state index contributed by atoms with van der Waals surface area (Å²) in [4.78, 5) is 15.7. The van der Waals surface area contributed by atoms with Gasteiger partial charge in [0, 0.05) is 19.0 Å². The van der Waals surface area contributed by atoms with Gasteiger partial charge in [-0.25, -0.2) is 0 Å². The summed E-state index contributed by atoms with van der Waals surface area (Å²) in [5, 5.41) is 2.95. The molecular weight excluding hydrogens is 204 g/mol. The van der Waals surface area contributed by atoms with Crippen molar-refractivity contribution >= 4 is 11.9 Å². The van der Waals surface area contributed by atoms with Crippen LogP contribution in [0.3, 0.4) is 0 Å². The first kappa shape index (κ1) is 11.2. The van der Waals surface area contributed by atoms with E-state index in [0.29, 0.717) is 12.0 Å². The molecule has 5 heteroatoms. The van der Waals surface area contributed by atoms with Gasteiger partial charge in [-0.3, -0.25) is 9.79 Å². The van der Waals surface area contributed by atoms with Crippen molar-refractivity contribution in [1.82, 2.24) is 5.32 Å². The molecule has 1 atom stereocenters. The summed E-state index contributed by atoms with van der Waals surface area (Å²) in [6.45, 7) is 1.48. The van der Waals surface area contributed by atoms with Crippen LogP contribution in [-0.2, 0) is 4.79 Å². The fraction of sp³-hybridized carbons (Fsp3) is 0.818. The van der Waals surface area contributed by atoms with Crippen LogP contribution >= 0.6 is 0 Å². The van der Waals surface area contributed by atoms with Gasteiger partial charge < -0.3 is 16.8 Å². The Balaban J connectivity index is 1.83. The molecule has 90 valence electrons. The van der Waals surface area contributed by atoms with Gasteiger partial charge in [-0.15, -0.1) is 0 Å². The Morgan fingerprint density at radius 1 is 1.44 bits per heavy atom. The van der Waals surface area contributed by atoms with Gasteiger partial charge >= 0.3 is 0 Å². The summed E-state index contributed by atoms with van der Waals surface area (Å²) >= 11 is 0. The van der Waals surface area contributed by atoms with Crippen molar-refractivity contribution in [3.8, 4) is 0 Å². The zero-order valence-electron chi connectivity index (χ0n) is 9.54. The molecule has 5 nitrogen and oxygen atoms in total. The van der Waals surface area contributed by atoms with E-state index in [4.69, 9.17) is 11.5 Å². The van der Waals surface area contributed by atoms with E-state index < -0.39 is 0 Å². The SMILES string of the molecule is NC(N)=NCCC[C@H]1C(=O)NCCC12CC2. The molecule has 1 aliphatic carbocycles. The van der Waals surface area contributed by atoms with Gasteiger partial charge in [-0.05, 0) is 37.5 Å². The molecule has 1 amide bonds. The number of nitrogens with two attached hydrogens (primary N) is 2. The number of aliphatic imine (C=N–C) groups is 1. The third kappa shape index (κ3) is 2.28. The van der Waals surface area contributed by atoms with E-state index in [1.807, 2.05) is 0 Å². The third-order valence-electron chi connectivity index (χ3n) is 3.82. The van der Waals surface area contributed by atoms with Crippen LogP contribution in [0.4, 0.5) is 0 Å². The van der Waals surface area contributed by atoms with E-state index in [9.17, 15) is 4.79 Å². The second-order valence-corrected chi connectivity index (χ2v) is 4.90. The molecule has 1 saturated carbocycles. The highest BCUT2D eigenvalue weighted by Gasteiger charge is 2.53. The molecule has 2 fully saturated rings. The predicted molar refractivity (Wildman–Crippen MR) is 62.7 cm³/mol. The minimum atomic E-state index is 0.134. The average Bonchev–Trinajstić information content (AvgIpc) is 2.96. The summed E-state index contributed by atoms with van der Waals surface area (Å²) in [5.41, 5.74) is 10.8. The summed E-state index contributed by atoms with van der Waals surface area (Å²) < 4.78 is 0. The van der Waals surface area contributed by atoms with Crippen molar-refractivity contribution in [3.63, 3.8) is 0 Å². The Bertz CT molecular complexity index is 305. The van der Waals surface area contributed by atoms with Crippen molar-refractivity contribution in [2.75, 3.05) is 13.1 Å². The van der Waals surface area contributed by atoms with Crippen LogP contribution in [0.5, 0.6) is 0 Å². The highest BCUT2D eigenvalue weighted by molar-refractivity contribution is 5.81. The normalized spacial score (nSPS) is 26.2. The molecule has 1 heterocycles. The number of nitrogens with zero attached hydrogens (tertiary/aromatic N) is 1. The number of hydrogen-bond acceptors (Lipinski definition) is 2. The van der Waals surface area contributed by atoms with Gasteiger partial charge in [0.2, 0.25) is 5.91 Å². The van der Waals surface area contributed by atoms with Gasteiger partial charge in [0.25, 0.3) is 0 Å². The van der Waals surface area contributed by atoms with Gasteiger partial charge in [-0.2, -0.15) is 0 Å². The van der Waals surface area contributed by atoms with Crippen molar-refractivity contribution in [2.24, 2.45) is 27.8 Å². The number of guanidine groups is 1. The summed E-state index contributed by atoms with van der Waals surface area (Å²) in [6.07, 6.45) is 5.37. The molecule has 0 radical (unpaired) electrons. The summed E-state index contributed by atoms with van der Waals surface area (Å²) in [6, 6.07) is 0. The summed E-state index contributed by atoms with van der Waals surface area (Å²) in [7, 11) is 0. The van der Waals surface area contributed by atoms with E-state index in [2.05, 4.69) is 10.3 Å². The molecule has 0 aromatic carbocycles. The molecule has 2 rings (SSSR count). The maximum atomic E-state index is 11.8. The number of carbonyl (C=O) groups excluding carboxylic acids is 1. The van der Waals surface area contributed by atoms with Crippen LogP contribution in [0.2, 0.25) is 0 Å². The number of hydrogen-bond donors (Lipinski definition) is 3. The molecule has 16 heavy (non-hydrogen) atoms. The molecule has 0 aromatic rings. The molecule has 1 saturated heterocycles. The highest BCUT2D eigenvalue weighted by Crippen LogP contribution is 2.57. The number of rotatable bonds is 4.